The molecule has 0 bridgehead atoms. The van der Waals surface area contributed by atoms with Crippen molar-refractivity contribution in [1.82, 2.24) is 9.97 Å². The summed E-state index contributed by atoms with van der Waals surface area (Å²) in [6, 6.07) is 8.30. The third kappa shape index (κ3) is 2.67. The molecule has 0 aliphatic heterocycles. The summed E-state index contributed by atoms with van der Waals surface area (Å²) in [6.45, 7) is 2.98. The minimum atomic E-state index is -0.168. The molecule has 1 aromatic carbocycles. The Morgan fingerprint density at radius 3 is 2.80 bits per heavy atom. The number of benzene rings is 1. The van der Waals surface area contributed by atoms with Gasteiger partial charge in [-0.05, 0) is 31.4 Å². The average Bonchev–Trinajstić information content (AvgIpc) is 2.43. The van der Waals surface area contributed by atoms with E-state index in [0.717, 1.165) is 42.5 Å². The zero-order valence-electron chi connectivity index (χ0n) is 11.6. The number of nitrogens with one attached hydrogen (secondary N) is 2. The Balaban J connectivity index is 1.90. The number of fused-ring (bicyclic) bond motifs is 1. The standard InChI is InChI=1S/C15H20N4O/c1-2-7-16-15-18-13-6-4-3-5-12(13)14(19-15)17-10-8-11(20)9-10/h3-6,10-11,20H,2,7-9H2,1H3,(H2,16,17,18,19). The van der Waals surface area contributed by atoms with E-state index in [4.69, 9.17) is 0 Å². The molecule has 0 radical (unpaired) electrons. The van der Waals surface area contributed by atoms with Gasteiger partial charge >= 0.3 is 0 Å². The monoisotopic (exact) mass is 272 g/mol. The average molecular weight is 272 g/mol. The maximum Gasteiger partial charge on any atom is 0.225 e. The van der Waals surface area contributed by atoms with Gasteiger partial charge in [-0.2, -0.15) is 4.98 Å². The predicted molar refractivity (Wildman–Crippen MR) is 81.0 cm³/mol. The van der Waals surface area contributed by atoms with Crippen molar-refractivity contribution < 1.29 is 5.11 Å². The molecule has 0 amide bonds. The summed E-state index contributed by atoms with van der Waals surface area (Å²) in [5.41, 5.74) is 0.934. The fraction of sp³-hybridized carbons (Fsp3) is 0.467. The second-order valence-electron chi connectivity index (χ2n) is 5.31. The fourth-order valence-electron chi connectivity index (χ4n) is 2.40. The molecule has 1 aromatic heterocycles. The molecular weight excluding hydrogens is 252 g/mol. The number of para-hydroxylation sites is 1. The van der Waals surface area contributed by atoms with E-state index in [-0.39, 0.29) is 6.10 Å². The highest BCUT2D eigenvalue weighted by atomic mass is 16.3. The van der Waals surface area contributed by atoms with Crippen molar-refractivity contribution in [2.24, 2.45) is 0 Å². The third-order valence-corrected chi connectivity index (χ3v) is 3.59. The Morgan fingerprint density at radius 2 is 2.05 bits per heavy atom. The van der Waals surface area contributed by atoms with Crippen LogP contribution < -0.4 is 10.6 Å². The Morgan fingerprint density at radius 1 is 1.25 bits per heavy atom. The summed E-state index contributed by atoms with van der Waals surface area (Å²) in [5, 5.41) is 17.1. The smallest absolute Gasteiger partial charge is 0.225 e. The van der Waals surface area contributed by atoms with Gasteiger partial charge in [0, 0.05) is 18.0 Å². The van der Waals surface area contributed by atoms with Crippen molar-refractivity contribution in [1.29, 1.82) is 0 Å². The van der Waals surface area contributed by atoms with Crippen LogP contribution in [0.15, 0.2) is 24.3 Å². The Hall–Kier alpha value is -1.88. The van der Waals surface area contributed by atoms with Crippen LogP contribution in [0, 0.1) is 0 Å². The number of aromatic nitrogens is 2. The van der Waals surface area contributed by atoms with Crippen molar-refractivity contribution >= 4 is 22.7 Å². The molecule has 0 saturated heterocycles. The summed E-state index contributed by atoms with van der Waals surface area (Å²) in [5.74, 6) is 1.51. The van der Waals surface area contributed by atoms with E-state index >= 15 is 0 Å². The van der Waals surface area contributed by atoms with Crippen LogP contribution in [0.2, 0.25) is 0 Å². The lowest BCUT2D eigenvalue weighted by Gasteiger charge is -2.32. The van der Waals surface area contributed by atoms with Gasteiger partial charge in [-0.1, -0.05) is 19.1 Å². The lowest BCUT2D eigenvalue weighted by Crippen LogP contribution is -2.39. The van der Waals surface area contributed by atoms with Crippen molar-refractivity contribution in [3.8, 4) is 0 Å². The Kier molecular flexibility index (Phi) is 3.69. The number of nitrogens with zero attached hydrogens (tertiary/aromatic N) is 2. The summed E-state index contributed by atoms with van der Waals surface area (Å²) in [6.07, 6.45) is 2.44. The van der Waals surface area contributed by atoms with Gasteiger partial charge in [-0.25, -0.2) is 4.98 Å². The molecule has 1 aliphatic rings. The van der Waals surface area contributed by atoms with E-state index in [9.17, 15) is 5.11 Å². The summed E-state index contributed by atoms with van der Waals surface area (Å²) >= 11 is 0. The molecule has 1 saturated carbocycles. The summed E-state index contributed by atoms with van der Waals surface area (Å²) in [4.78, 5) is 9.10. The van der Waals surface area contributed by atoms with Crippen LogP contribution in [0.3, 0.4) is 0 Å². The van der Waals surface area contributed by atoms with Gasteiger partial charge in [0.15, 0.2) is 0 Å². The molecule has 2 aromatic rings. The first-order valence-corrected chi connectivity index (χ1v) is 7.21. The minimum absolute atomic E-state index is 0.168. The maximum absolute atomic E-state index is 9.40. The normalized spacial score (nSPS) is 21.5. The number of anilines is 2. The quantitative estimate of drug-likeness (QED) is 0.779. The van der Waals surface area contributed by atoms with Crippen LogP contribution in [-0.2, 0) is 0 Å². The zero-order chi connectivity index (χ0) is 13.9. The van der Waals surface area contributed by atoms with Gasteiger partial charge < -0.3 is 15.7 Å². The van der Waals surface area contributed by atoms with Gasteiger partial charge in [0.25, 0.3) is 0 Å². The molecule has 0 atom stereocenters. The van der Waals surface area contributed by atoms with Gasteiger partial charge in [-0.15, -0.1) is 0 Å². The second kappa shape index (κ2) is 5.63. The van der Waals surface area contributed by atoms with E-state index in [1.54, 1.807) is 0 Å². The molecular formula is C15H20N4O. The largest absolute Gasteiger partial charge is 0.393 e. The molecule has 0 unspecified atom stereocenters. The molecule has 1 fully saturated rings. The van der Waals surface area contributed by atoms with Crippen molar-refractivity contribution in [3.05, 3.63) is 24.3 Å². The number of aliphatic hydroxyl groups is 1. The Labute approximate surface area is 118 Å². The maximum atomic E-state index is 9.40. The highest BCUT2D eigenvalue weighted by Crippen LogP contribution is 2.27. The SMILES string of the molecule is CCCNc1nc(NC2CC(O)C2)c2ccccc2n1. The van der Waals surface area contributed by atoms with Crippen LogP contribution in [0.5, 0.6) is 0 Å². The number of hydrogen-bond acceptors (Lipinski definition) is 5. The Bertz CT molecular complexity index is 595. The van der Waals surface area contributed by atoms with E-state index in [2.05, 4.69) is 27.5 Å². The van der Waals surface area contributed by atoms with Gasteiger partial charge in [0.05, 0.1) is 11.6 Å². The zero-order valence-corrected chi connectivity index (χ0v) is 11.6. The molecule has 5 nitrogen and oxygen atoms in total. The number of rotatable bonds is 5. The summed E-state index contributed by atoms with van der Waals surface area (Å²) in [7, 11) is 0. The van der Waals surface area contributed by atoms with E-state index in [1.807, 2.05) is 24.3 Å². The van der Waals surface area contributed by atoms with Crippen LogP contribution in [0.25, 0.3) is 10.9 Å². The first kappa shape index (κ1) is 13.1. The number of aliphatic hydroxyl groups excluding tert-OH is 1. The predicted octanol–water partition coefficient (Wildman–Crippen LogP) is 2.39. The molecule has 3 N–H and O–H groups in total. The van der Waals surface area contributed by atoms with Crippen LogP contribution in [0.4, 0.5) is 11.8 Å². The highest BCUT2D eigenvalue weighted by molar-refractivity contribution is 5.90. The van der Waals surface area contributed by atoms with Gasteiger partial charge in [0.1, 0.15) is 5.82 Å². The molecule has 106 valence electrons. The molecule has 1 heterocycles. The lowest BCUT2D eigenvalue weighted by atomic mass is 9.89. The van der Waals surface area contributed by atoms with Crippen LogP contribution in [-0.4, -0.2) is 33.8 Å². The van der Waals surface area contributed by atoms with Crippen molar-refractivity contribution in [2.45, 2.75) is 38.3 Å². The van der Waals surface area contributed by atoms with E-state index < -0.39 is 0 Å². The molecule has 0 spiro atoms. The van der Waals surface area contributed by atoms with E-state index in [1.165, 1.54) is 0 Å². The molecule has 5 heteroatoms. The highest BCUT2D eigenvalue weighted by Gasteiger charge is 2.27. The lowest BCUT2D eigenvalue weighted by molar-refractivity contribution is 0.0836. The first-order valence-electron chi connectivity index (χ1n) is 7.21. The summed E-state index contributed by atoms with van der Waals surface area (Å²) < 4.78 is 0. The first-order chi connectivity index (χ1) is 9.76. The second-order valence-corrected chi connectivity index (χ2v) is 5.31. The van der Waals surface area contributed by atoms with Gasteiger partial charge in [-0.3, -0.25) is 0 Å². The molecule has 20 heavy (non-hydrogen) atoms. The van der Waals surface area contributed by atoms with E-state index in [0.29, 0.717) is 12.0 Å². The fourth-order valence-corrected chi connectivity index (χ4v) is 2.40. The topological polar surface area (TPSA) is 70.1 Å². The van der Waals surface area contributed by atoms with Crippen LogP contribution in [0.1, 0.15) is 26.2 Å². The molecule has 1 aliphatic carbocycles. The van der Waals surface area contributed by atoms with Crippen molar-refractivity contribution in [2.75, 3.05) is 17.2 Å². The number of hydrogen-bond donors (Lipinski definition) is 3. The van der Waals surface area contributed by atoms with Crippen molar-refractivity contribution in [3.63, 3.8) is 0 Å². The van der Waals surface area contributed by atoms with Crippen LogP contribution >= 0.6 is 0 Å². The third-order valence-electron chi connectivity index (χ3n) is 3.59. The van der Waals surface area contributed by atoms with Gasteiger partial charge in [0.2, 0.25) is 5.95 Å². The molecule has 3 rings (SSSR count). The minimum Gasteiger partial charge on any atom is -0.393 e.